The molecule has 7 nitrogen and oxygen atoms in total. The van der Waals surface area contributed by atoms with Crippen LogP contribution in [0.5, 0.6) is 0 Å². The lowest BCUT2D eigenvalue weighted by molar-refractivity contribution is 0.326. The molecule has 136 valence electrons. The maximum Gasteiger partial charge on any atom is 0.234 e. The molecule has 2 aliphatic rings. The number of hydrogen-bond acceptors (Lipinski definition) is 7. The number of oxazole rings is 1. The summed E-state index contributed by atoms with van der Waals surface area (Å²) < 4.78 is 11.4. The Bertz CT molecular complexity index is 975. The molecule has 0 spiro atoms. The zero-order valence-electron chi connectivity index (χ0n) is 14.8. The Morgan fingerprint density at radius 3 is 2.41 bits per heavy atom. The second-order valence-corrected chi connectivity index (χ2v) is 7.18. The molecular weight excluding hydrogens is 342 g/mol. The van der Waals surface area contributed by atoms with Gasteiger partial charge in [-0.25, -0.2) is 4.98 Å². The SMILES string of the molecule is N#Cc1nc(C2CC2)oc1N1CCC(c2nc(-c3ccccc3)no2)CC1. The molecule has 0 amide bonds. The first kappa shape index (κ1) is 16.1. The van der Waals surface area contributed by atoms with Crippen LogP contribution in [0.2, 0.25) is 0 Å². The topological polar surface area (TPSA) is 92.0 Å². The minimum atomic E-state index is 0.225. The Morgan fingerprint density at radius 1 is 0.963 bits per heavy atom. The molecule has 0 N–H and O–H groups in total. The molecule has 0 atom stereocenters. The Balaban J connectivity index is 1.28. The first-order valence-corrected chi connectivity index (χ1v) is 9.36. The number of aromatic nitrogens is 3. The van der Waals surface area contributed by atoms with Crippen molar-refractivity contribution in [2.45, 2.75) is 37.5 Å². The zero-order chi connectivity index (χ0) is 18.2. The highest BCUT2D eigenvalue weighted by Crippen LogP contribution is 2.42. The lowest BCUT2D eigenvalue weighted by atomic mass is 9.97. The average Bonchev–Trinajstić information content (AvgIpc) is 3.30. The molecule has 7 heteroatoms. The predicted molar refractivity (Wildman–Crippen MR) is 97.1 cm³/mol. The van der Waals surface area contributed by atoms with Gasteiger partial charge in [0, 0.05) is 30.5 Å². The van der Waals surface area contributed by atoms with E-state index in [0.717, 1.165) is 44.3 Å². The molecule has 1 aromatic carbocycles. The van der Waals surface area contributed by atoms with Crippen LogP contribution in [0.1, 0.15) is 55.0 Å². The number of piperidine rings is 1. The van der Waals surface area contributed by atoms with E-state index in [1.165, 1.54) is 0 Å². The van der Waals surface area contributed by atoms with Crippen molar-refractivity contribution in [1.82, 2.24) is 15.1 Å². The van der Waals surface area contributed by atoms with E-state index in [9.17, 15) is 5.26 Å². The largest absolute Gasteiger partial charge is 0.423 e. The molecular formula is C20H19N5O2. The van der Waals surface area contributed by atoms with Gasteiger partial charge in [-0.1, -0.05) is 35.5 Å². The quantitative estimate of drug-likeness (QED) is 0.696. The van der Waals surface area contributed by atoms with Crippen molar-refractivity contribution in [2.75, 3.05) is 18.0 Å². The van der Waals surface area contributed by atoms with Crippen molar-refractivity contribution in [2.24, 2.45) is 0 Å². The van der Waals surface area contributed by atoms with Gasteiger partial charge in [0.15, 0.2) is 0 Å². The summed E-state index contributed by atoms with van der Waals surface area (Å²) in [7, 11) is 0. The molecule has 1 saturated carbocycles. The van der Waals surface area contributed by atoms with E-state index in [1.807, 2.05) is 30.3 Å². The fourth-order valence-corrected chi connectivity index (χ4v) is 3.56. The monoisotopic (exact) mass is 361 g/mol. The Kier molecular flexibility index (Phi) is 3.89. The zero-order valence-corrected chi connectivity index (χ0v) is 14.8. The Labute approximate surface area is 156 Å². The minimum absolute atomic E-state index is 0.225. The van der Waals surface area contributed by atoms with E-state index in [0.29, 0.717) is 35.1 Å². The molecule has 3 heterocycles. The number of anilines is 1. The third kappa shape index (κ3) is 3.08. The highest BCUT2D eigenvalue weighted by atomic mass is 16.5. The van der Waals surface area contributed by atoms with E-state index in [1.54, 1.807) is 0 Å². The molecule has 0 bridgehead atoms. The van der Waals surface area contributed by atoms with Crippen LogP contribution < -0.4 is 4.90 Å². The standard InChI is InChI=1S/C20H19N5O2/c21-12-16-20(26-18(22-16)14-6-7-14)25-10-8-15(9-11-25)19-23-17(24-27-19)13-4-2-1-3-5-13/h1-5,14-15H,6-11H2. The number of benzene rings is 1. The van der Waals surface area contributed by atoms with Crippen molar-refractivity contribution in [3.63, 3.8) is 0 Å². The van der Waals surface area contributed by atoms with Crippen LogP contribution in [0, 0.1) is 11.3 Å². The molecule has 1 aliphatic carbocycles. The summed E-state index contributed by atoms with van der Waals surface area (Å²) in [4.78, 5) is 11.1. The van der Waals surface area contributed by atoms with Crippen molar-refractivity contribution in [3.8, 4) is 17.5 Å². The van der Waals surface area contributed by atoms with Crippen LogP contribution in [0.3, 0.4) is 0 Å². The summed E-state index contributed by atoms with van der Waals surface area (Å²) in [6.45, 7) is 1.56. The van der Waals surface area contributed by atoms with Crippen molar-refractivity contribution in [1.29, 1.82) is 5.26 Å². The Hall–Kier alpha value is -3.14. The lowest BCUT2D eigenvalue weighted by Crippen LogP contribution is -2.33. The van der Waals surface area contributed by atoms with E-state index >= 15 is 0 Å². The van der Waals surface area contributed by atoms with Crippen LogP contribution in [-0.2, 0) is 0 Å². The summed E-state index contributed by atoms with van der Waals surface area (Å²) in [6.07, 6.45) is 3.96. The summed E-state index contributed by atoms with van der Waals surface area (Å²) in [5, 5.41) is 13.5. The Morgan fingerprint density at radius 2 is 1.70 bits per heavy atom. The van der Waals surface area contributed by atoms with Crippen LogP contribution in [0.25, 0.3) is 11.4 Å². The lowest BCUT2D eigenvalue weighted by Gasteiger charge is -2.29. The molecule has 27 heavy (non-hydrogen) atoms. The van der Waals surface area contributed by atoms with Gasteiger partial charge in [0.25, 0.3) is 0 Å². The molecule has 2 aromatic heterocycles. The highest BCUT2D eigenvalue weighted by molar-refractivity contribution is 5.53. The molecule has 3 aromatic rings. The minimum Gasteiger partial charge on any atom is -0.423 e. The summed E-state index contributed by atoms with van der Waals surface area (Å²) >= 11 is 0. The molecule has 1 aliphatic heterocycles. The van der Waals surface area contributed by atoms with Gasteiger partial charge in [-0.3, -0.25) is 0 Å². The fourth-order valence-electron chi connectivity index (χ4n) is 3.56. The van der Waals surface area contributed by atoms with Gasteiger partial charge in [0.05, 0.1) is 0 Å². The molecule has 5 rings (SSSR count). The van der Waals surface area contributed by atoms with Crippen LogP contribution in [-0.4, -0.2) is 28.2 Å². The first-order valence-electron chi connectivity index (χ1n) is 9.36. The van der Waals surface area contributed by atoms with E-state index in [2.05, 4.69) is 26.1 Å². The summed E-state index contributed by atoms with van der Waals surface area (Å²) in [5.74, 6) is 3.27. The highest BCUT2D eigenvalue weighted by Gasteiger charge is 2.33. The predicted octanol–water partition coefficient (Wildman–Crippen LogP) is 3.86. The van der Waals surface area contributed by atoms with Crippen molar-refractivity contribution < 1.29 is 8.94 Å². The first-order chi connectivity index (χ1) is 13.3. The molecule has 2 fully saturated rings. The van der Waals surface area contributed by atoms with E-state index in [4.69, 9.17) is 8.94 Å². The summed E-state index contributed by atoms with van der Waals surface area (Å²) in [5.41, 5.74) is 1.36. The number of nitrogens with zero attached hydrogens (tertiary/aromatic N) is 5. The van der Waals surface area contributed by atoms with E-state index in [-0.39, 0.29) is 5.92 Å². The summed E-state index contributed by atoms with van der Waals surface area (Å²) in [6, 6.07) is 12.0. The van der Waals surface area contributed by atoms with Gasteiger partial charge in [0.2, 0.25) is 29.2 Å². The molecule has 1 saturated heterocycles. The van der Waals surface area contributed by atoms with Gasteiger partial charge >= 0.3 is 0 Å². The second kappa shape index (κ2) is 6.54. The van der Waals surface area contributed by atoms with Crippen molar-refractivity contribution in [3.05, 3.63) is 47.8 Å². The second-order valence-electron chi connectivity index (χ2n) is 7.18. The van der Waals surface area contributed by atoms with E-state index < -0.39 is 0 Å². The molecule has 0 radical (unpaired) electrons. The van der Waals surface area contributed by atoms with Crippen molar-refractivity contribution >= 4 is 5.88 Å². The third-order valence-corrected chi connectivity index (χ3v) is 5.26. The van der Waals surface area contributed by atoms with Gasteiger partial charge in [0.1, 0.15) is 6.07 Å². The van der Waals surface area contributed by atoms with Gasteiger partial charge < -0.3 is 13.8 Å². The van der Waals surface area contributed by atoms with Gasteiger partial charge in [-0.05, 0) is 25.7 Å². The van der Waals surface area contributed by atoms with Crippen LogP contribution >= 0.6 is 0 Å². The smallest absolute Gasteiger partial charge is 0.234 e. The van der Waals surface area contributed by atoms with Gasteiger partial charge in [-0.15, -0.1) is 0 Å². The maximum atomic E-state index is 9.37. The van der Waals surface area contributed by atoms with Gasteiger partial charge in [-0.2, -0.15) is 10.2 Å². The number of nitriles is 1. The number of hydrogen-bond donors (Lipinski definition) is 0. The maximum absolute atomic E-state index is 9.37. The van der Waals surface area contributed by atoms with Crippen LogP contribution in [0.4, 0.5) is 5.88 Å². The number of rotatable bonds is 4. The third-order valence-electron chi connectivity index (χ3n) is 5.26. The molecule has 0 unspecified atom stereocenters. The average molecular weight is 361 g/mol. The fraction of sp³-hybridized carbons (Fsp3) is 0.400. The van der Waals surface area contributed by atoms with Crippen LogP contribution in [0.15, 0.2) is 39.3 Å². The normalized spacial score (nSPS) is 17.8.